The van der Waals surface area contributed by atoms with E-state index in [2.05, 4.69) is 37.5 Å². The van der Waals surface area contributed by atoms with Crippen molar-refractivity contribution in [2.75, 3.05) is 10.2 Å². The number of carbonyl (C=O) groups excluding carboxylic acids is 2. The predicted molar refractivity (Wildman–Crippen MR) is 152 cm³/mol. The van der Waals surface area contributed by atoms with Crippen LogP contribution in [0, 0.1) is 6.92 Å². The maximum absolute atomic E-state index is 13.4. The molecule has 4 aromatic heterocycles. The zero-order valence-electron chi connectivity index (χ0n) is 21.6. The van der Waals surface area contributed by atoms with E-state index in [1.54, 1.807) is 30.5 Å². The first-order valence-electron chi connectivity index (χ1n) is 12.9. The van der Waals surface area contributed by atoms with Crippen LogP contribution in [0.25, 0.3) is 10.2 Å². The van der Waals surface area contributed by atoms with Crippen LogP contribution in [-0.4, -0.2) is 50.3 Å². The van der Waals surface area contributed by atoms with Crippen molar-refractivity contribution in [3.63, 3.8) is 0 Å². The summed E-state index contributed by atoms with van der Waals surface area (Å²) in [7, 11) is 0. The first-order valence-corrected chi connectivity index (χ1v) is 13.7. The van der Waals surface area contributed by atoms with Gasteiger partial charge in [-0.3, -0.25) is 10.1 Å². The summed E-state index contributed by atoms with van der Waals surface area (Å²) in [5.74, 6) is 1.02. The highest BCUT2D eigenvalue weighted by Gasteiger charge is 2.35. The number of thiophene rings is 1. The zero-order valence-corrected chi connectivity index (χ0v) is 22.4. The van der Waals surface area contributed by atoms with Gasteiger partial charge in [0.25, 0.3) is 5.91 Å². The lowest BCUT2D eigenvalue weighted by Crippen LogP contribution is -2.49. The molecule has 1 aliphatic carbocycles. The Bertz CT molecular complexity index is 1610. The standard InChI is InChI=1S/C28H27N7O4S/c1-3-21(36)32-17-7-5-8-18(17)33-26(37)25-24-23-19(12-13-29-27(23)40-25)35(28(38)34-24)20-11-10-16(14-30-20)39-22-9-4-6-15(2)31-22/h3-4,6,9-14,17-18,21,32,36H,1,5,7-8H2,2H3,(H,33,37)(H,34,38)/t17-,18+,21?/m0/s1. The molecule has 0 radical (unpaired) electrons. The van der Waals surface area contributed by atoms with Crippen molar-refractivity contribution in [3.05, 3.63) is 72.0 Å². The van der Waals surface area contributed by atoms with Gasteiger partial charge < -0.3 is 20.5 Å². The van der Waals surface area contributed by atoms with Crippen molar-refractivity contribution in [2.24, 2.45) is 0 Å². The van der Waals surface area contributed by atoms with Crippen LogP contribution in [0.3, 0.4) is 0 Å². The summed E-state index contributed by atoms with van der Waals surface area (Å²) in [4.78, 5) is 42.5. The van der Waals surface area contributed by atoms with Gasteiger partial charge in [0.05, 0.1) is 23.0 Å². The van der Waals surface area contributed by atoms with E-state index in [1.165, 1.54) is 28.5 Å². The highest BCUT2D eigenvalue weighted by molar-refractivity contribution is 7.21. The van der Waals surface area contributed by atoms with Crippen LogP contribution in [0.5, 0.6) is 11.6 Å². The topological polar surface area (TPSA) is 142 Å². The van der Waals surface area contributed by atoms with Crippen molar-refractivity contribution in [3.8, 4) is 11.6 Å². The molecule has 0 saturated heterocycles. The Morgan fingerprint density at radius 1 is 1.25 bits per heavy atom. The number of anilines is 3. The number of aromatic nitrogens is 3. The minimum Gasteiger partial charge on any atom is -0.437 e. The molecule has 5 heterocycles. The number of ether oxygens (including phenoxy) is 1. The number of urea groups is 1. The molecular weight excluding hydrogens is 530 g/mol. The fourth-order valence-electron chi connectivity index (χ4n) is 5.09. The van der Waals surface area contributed by atoms with Crippen LogP contribution in [0.1, 0.15) is 34.6 Å². The SMILES string of the molecule is C=CC(O)N[C@H]1CCC[C@H]1NC(=O)c1sc2nccc3c2c1NC(=O)N3c1ccc(Oc2cccc(C)n2)cn1. The molecular formula is C28H27N7O4S. The summed E-state index contributed by atoms with van der Waals surface area (Å²) >= 11 is 1.22. The Hall–Kier alpha value is -4.39. The van der Waals surface area contributed by atoms with Crippen molar-refractivity contribution in [1.82, 2.24) is 25.6 Å². The van der Waals surface area contributed by atoms with Gasteiger partial charge in [0.15, 0.2) is 0 Å². The number of nitrogens with zero attached hydrogens (tertiary/aromatic N) is 4. The molecule has 3 amide bonds. The summed E-state index contributed by atoms with van der Waals surface area (Å²) in [6.45, 7) is 5.47. The maximum atomic E-state index is 13.4. The fourth-order valence-corrected chi connectivity index (χ4v) is 6.11. The van der Waals surface area contributed by atoms with Gasteiger partial charge in [0.1, 0.15) is 27.5 Å². The molecule has 3 atom stereocenters. The minimum absolute atomic E-state index is 0.0822. The van der Waals surface area contributed by atoms with E-state index in [0.717, 1.165) is 25.0 Å². The largest absolute Gasteiger partial charge is 0.437 e. The number of aryl methyl sites for hydroxylation is 1. The minimum atomic E-state index is -0.849. The second-order valence-corrected chi connectivity index (χ2v) is 10.6. The smallest absolute Gasteiger partial charge is 0.332 e. The number of carbonyl (C=O) groups is 2. The van der Waals surface area contributed by atoms with Crippen LogP contribution in [0.4, 0.5) is 22.0 Å². The van der Waals surface area contributed by atoms with Gasteiger partial charge in [-0.2, -0.15) is 0 Å². The van der Waals surface area contributed by atoms with Crippen LogP contribution in [-0.2, 0) is 0 Å². The van der Waals surface area contributed by atoms with Gasteiger partial charge in [0, 0.05) is 30.0 Å². The average Bonchev–Trinajstić information content (AvgIpc) is 3.54. The molecule has 0 bridgehead atoms. The average molecular weight is 558 g/mol. The molecule has 11 nitrogen and oxygen atoms in total. The second-order valence-electron chi connectivity index (χ2n) is 9.62. The number of hydrogen-bond acceptors (Lipinski definition) is 9. The third-order valence-corrected chi connectivity index (χ3v) is 8.02. The molecule has 1 fully saturated rings. The number of aliphatic hydroxyl groups excluding tert-OH is 1. The van der Waals surface area contributed by atoms with Gasteiger partial charge in [-0.25, -0.2) is 24.6 Å². The number of amides is 3. The van der Waals surface area contributed by atoms with E-state index in [-0.39, 0.29) is 18.0 Å². The molecule has 12 heteroatoms. The predicted octanol–water partition coefficient (Wildman–Crippen LogP) is 4.62. The number of aliphatic hydroxyl groups is 1. The summed E-state index contributed by atoms with van der Waals surface area (Å²) in [6.07, 6.45) is 6.23. The molecule has 1 saturated carbocycles. The molecule has 1 aliphatic heterocycles. The van der Waals surface area contributed by atoms with Crippen LogP contribution in [0.2, 0.25) is 0 Å². The first kappa shape index (κ1) is 25.9. The van der Waals surface area contributed by atoms with Crippen molar-refractivity contribution in [2.45, 2.75) is 44.5 Å². The van der Waals surface area contributed by atoms with Gasteiger partial charge in [-0.05, 0) is 56.5 Å². The quantitative estimate of drug-likeness (QED) is 0.182. The molecule has 4 aromatic rings. The highest BCUT2D eigenvalue weighted by Crippen LogP contribution is 2.45. The molecule has 0 aromatic carbocycles. The third kappa shape index (κ3) is 4.88. The van der Waals surface area contributed by atoms with E-state index in [0.29, 0.717) is 43.9 Å². The molecule has 6 rings (SSSR count). The van der Waals surface area contributed by atoms with Crippen molar-refractivity contribution in [1.29, 1.82) is 0 Å². The van der Waals surface area contributed by atoms with Gasteiger partial charge >= 0.3 is 6.03 Å². The van der Waals surface area contributed by atoms with Gasteiger partial charge in [0.2, 0.25) is 5.88 Å². The lowest BCUT2D eigenvalue weighted by molar-refractivity contribution is 0.0925. The maximum Gasteiger partial charge on any atom is 0.332 e. The highest BCUT2D eigenvalue weighted by atomic mass is 32.1. The molecule has 4 N–H and O–H groups in total. The fraction of sp³-hybridized carbons (Fsp3) is 0.250. The van der Waals surface area contributed by atoms with Gasteiger partial charge in [-0.15, -0.1) is 11.3 Å². The van der Waals surface area contributed by atoms with Crippen molar-refractivity contribution < 1.29 is 19.4 Å². The van der Waals surface area contributed by atoms with Crippen LogP contribution >= 0.6 is 11.3 Å². The summed E-state index contributed by atoms with van der Waals surface area (Å²) < 4.78 is 5.79. The molecule has 1 unspecified atom stereocenters. The van der Waals surface area contributed by atoms with Gasteiger partial charge in [-0.1, -0.05) is 12.6 Å². The van der Waals surface area contributed by atoms with E-state index in [4.69, 9.17) is 4.74 Å². The Morgan fingerprint density at radius 2 is 2.10 bits per heavy atom. The summed E-state index contributed by atoms with van der Waals surface area (Å²) in [6, 6.07) is 9.94. The monoisotopic (exact) mass is 557 g/mol. The first-order chi connectivity index (χ1) is 19.4. The lowest BCUT2D eigenvalue weighted by atomic mass is 10.1. The molecule has 204 valence electrons. The number of rotatable bonds is 8. The normalized spacial score (nSPS) is 18.9. The number of nitrogens with one attached hydrogen (secondary N) is 3. The molecule has 2 aliphatic rings. The molecule has 0 spiro atoms. The number of pyridine rings is 3. The van der Waals surface area contributed by atoms with Crippen LogP contribution < -0.4 is 25.6 Å². The summed E-state index contributed by atoms with van der Waals surface area (Å²) in [5, 5.41) is 19.6. The van der Waals surface area contributed by atoms with E-state index in [1.807, 2.05) is 19.1 Å². The zero-order chi connectivity index (χ0) is 27.8. The van der Waals surface area contributed by atoms with Crippen molar-refractivity contribution >= 4 is 50.7 Å². The van der Waals surface area contributed by atoms with E-state index < -0.39 is 12.3 Å². The van der Waals surface area contributed by atoms with Crippen LogP contribution in [0.15, 0.2) is 61.4 Å². The number of hydrogen-bond donors (Lipinski definition) is 4. The van der Waals surface area contributed by atoms with E-state index in [9.17, 15) is 14.7 Å². The third-order valence-electron chi connectivity index (χ3n) is 6.93. The molecule has 40 heavy (non-hydrogen) atoms. The summed E-state index contributed by atoms with van der Waals surface area (Å²) in [5.41, 5.74) is 1.84. The lowest BCUT2D eigenvalue weighted by Gasteiger charge is -2.28. The second kappa shape index (κ2) is 10.6. The Morgan fingerprint density at radius 3 is 2.88 bits per heavy atom. The van der Waals surface area contributed by atoms with E-state index >= 15 is 0 Å². The Balaban J connectivity index is 1.26. The Kier molecular flexibility index (Phi) is 6.88. The Labute approximate surface area is 233 Å².